The van der Waals surface area contributed by atoms with Gasteiger partial charge in [0.15, 0.2) is 0 Å². The van der Waals surface area contributed by atoms with Crippen LogP contribution in [-0.2, 0) is 16.4 Å². The second-order valence-electron chi connectivity index (χ2n) is 6.74. The maximum Gasteiger partial charge on any atom is 0.243 e. The fourth-order valence-electron chi connectivity index (χ4n) is 3.35. The van der Waals surface area contributed by atoms with Crippen molar-refractivity contribution in [3.8, 4) is 6.07 Å². The molecule has 136 valence electrons. The number of hydrogen-bond acceptors (Lipinski definition) is 3. The van der Waals surface area contributed by atoms with Crippen molar-refractivity contribution in [2.75, 3.05) is 13.1 Å². The molecule has 0 radical (unpaired) electrons. The van der Waals surface area contributed by atoms with Crippen LogP contribution in [-0.4, -0.2) is 25.8 Å². The SMILES string of the molecule is N#CC1(CCc2ccc(Br)cc2)CCN(S(=O)(=O)c2ccccc2)CC1. The smallest absolute Gasteiger partial charge is 0.207 e. The van der Waals surface area contributed by atoms with Gasteiger partial charge < -0.3 is 0 Å². The molecule has 4 nitrogen and oxygen atoms in total. The zero-order valence-corrected chi connectivity index (χ0v) is 16.8. The van der Waals surface area contributed by atoms with Crippen LogP contribution >= 0.6 is 15.9 Å². The number of benzene rings is 2. The highest BCUT2D eigenvalue weighted by molar-refractivity contribution is 9.10. The second-order valence-corrected chi connectivity index (χ2v) is 9.59. The molecule has 0 amide bonds. The lowest BCUT2D eigenvalue weighted by Crippen LogP contribution is -2.42. The molecule has 2 aromatic rings. The van der Waals surface area contributed by atoms with Gasteiger partial charge in [-0.3, -0.25) is 0 Å². The molecular formula is C20H21BrN2O2S. The van der Waals surface area contributed by atoms with Crippen LogP contribution in [0.5, 0.6) is 0 Å². The monoisotopic (exact) mass is 432 g/mol. The van der Waals surface area contributed by atoms with E-state index in [0.717, 1.165) is 17.3 Å². The Bertz CT molecular complexity index is 882. The number of nitriles is 1. The molecule has 0 aliphatic carbocycles. The summed E-state index contributed by atoms with van der Waals surface area (Å²) in [5, 5.41) is 9.74. The predicted molar refractivity (Wildman–Crippen MR) is 105 cm³/mol. The van der Waals surface area contributed by atoms with Crippen molar-refractivity contribution in [2.24, 2.45) is 5.41 Å². The summed E-state index contributed by atoms with van der Waals surface area (Å²) in [7, 11) is -3.47. The maximum absolute atomic E-state index is 12.7. The molecule has 1 aliphatic heterocycles. The van der Waals surface area contributed by atoms with Gasteiger partial charge in [-0.05, 0) is 55.5 Å². The van der Waals surface area contributed by atoms with Crippen molar-refractivity contribution in [3.63, 3.8) is 0 Å². The van der Waals surface area contributed by atoms with E-state index in [9.17, 15) is 13.7 Å². The van der Waals surface area contributed by atoms with Gasteiger partial charge in [0, 0.05) is 17.6 Å². The Kier molecular flexibility index (Phi) is 5.81. The van der Waals surface area contributed by atoms with Gasteiger partial charge in [-0.1, -0.05) is 46.3 Å². The highest BCUT2D eigenvalue weighted by Crippen LogP contribution is 2.37. The van der Waals surface area contributed by atoms with Crippen molar-refractivity contribution >= 4 is 26.0 Å². The molecule has 3 rings (SSSR count). The Morgan fingerprint density at radius 3 is 2.23 bits per heavy atom. The van der Waals surface area contributed by atoms with Crippen LogP contribution in [0.1, 0.15) is 24.8 Å². The van der Waals surface area contributed by atoms with Crippen molar-refractivity contribution in [2.45, 2.75) is 30.6 Å². The van der Waals surface area contributed by atoms with Gasteiger partial charge >= 0.3 is 0 Å². The molecule has 0 spiro atoms. The molecule has 1 fully saturated rings. The van der Waals surface area contributed by atoms with E-state index in [1.165, 1.54) is 9.87 Å². The Balaban J connectivity index is 1.65. The molecule has 26 heavy (non-hydrogen) atoms. The number of rotatable bonds is 5. The molecule has 1 saturated heterocycles. The highest BCUT2D eigenvalue weighted by atomic mass is 79.9. The molecule has 6 heteroatoms. The Morgan fingerprint density at radius 2 is 1.65 bits per heavy atom. The van der Waals surface area contributed by atoms with E-state index in [2.05, 4.69) is 34.1 Å². The van der Waals surface area contributed by atoms with Crippen LogP contribution < -0.4 is 0 Å². The van der Waals surface area contributed by atoms with E-state index in [-0.39, 0.29) is 0 Å². The minimum atomic E-state index is -3.47. The third-order valence-corrected chi connectivity index (χ3v) is 7.54. The molecule has 2 aromatic carbocycles. The summed E-state index contributed by atoms with van der Waals surface area (Å²) >= 11 is 3.43. The van der Waals surface area contributed by atoms with Gasteiger partial charge in [0.2, 0.25) is 10.0 Å². The largest absolute Gasteiger partial charge is 0.243 e. The molecule has 1 heterocycles. The van der Waals surface area contributed by atoms with Crippen molar-refractivity contribution < 1.29 is 8.42 Å². The lowest BCUT2D eigenvalue weighted by molar-refractivity contribution is 0.201. The first-order chi connectivity index (χ1) is 12.5. The normalized spacial score (nSPS) is 17.5. The molecule has 0 N–H and O–H groups in total. The fourth-order valence-corrected chi connectivity index (χ4v) is 5.08. The lowest BCUT2D eigenvalue weighted by Gasteiger charge is -2.36. The first-order valence-electron chi connectivity index (χ1n) is 8.66. The zero-order chi connectivity index (χ0) is 18.6. The Morgan fingerprint density at radius 1 is 1.04 bits per heavy atom. The molecule has 0 aromatic heterocycles. The molecule has 0 atom stereocenters. The first-order valence-corrected chi connectivity index (χ1v) is 10.9. The molecule has 0 unspecified atom stereocenters. The standard InChI is InChI=1S/C20H21BrN2O2S/c21-18-8-6-17(7-9-18)10-11-20(16-22)12-14-23(15-13-20)26(24,25)19-4-2-1-3-5-19/h1-9H,10-15H2. The van der Waals surface area contributed by atoms with Gasteiger partial charge in [-0.2, -0.15) is 9.57 Å². The average molecular weight is 433 g/mol. The summed E-state index contributed by atoms with van der Waals surface area (Å²) in [5.41, 5.74) is 0.748. The van der Waals surface area contributed by atoms with Gasteiger partial charge in [-0.15, -0.1) is 0 Å². The number of aryl methyl sites for hydroxylation is 1. The number of hydrogen-bond donors (Lipinski definition) is 0. The second kappa shape index (κ2) is 7.91. The van der Waals surface area contributed by atoms with E-state index in [1.54, 1.807) is 30.3 Å². The number of piperidine rings is 1. The van der Waals surface area contributed by atoms with Gasteiger partial charge in [0.25, 0.3) is 0 Å². The molecule has 0 saturated carbocycles. The van der Waals surface area contributed by atoms with Crippen LogP contribution in [0.3, 0.4) is 0 Å². The molecular weight excluding hydrogens is 412 g/mol. The lowest BCUT2D eigenvalue weighted by atomic mass is 9.76. The van der Waals surface area contributed by atoms with Crippen molar-refractivity contribution in [3.05, 3.63) is 64.6 Å². The van der Waals surface area contributed by atoms with E-state index < -0.39 is 15.4 Å². The number of sulfonamides is 1. The molecule has 1 aliphatic rings. The average Bonchev–Trinajstić information content (AvgIpc) is 2.68. The maximum atomic E-state index is 12.7. The summed E-state index contributed by atoms with van der Waals surface area (Å²) in [4.78, 5) is 0.319. The van der Waals surface area contributed by atoms with Crippen LogP contribution in [0.4, 0.5) is 0 Å². The third-order valence-electron chi connectivity index (χ3n) is 5.10. The van der Waals surface area contributed by atoms with Crippen LogP contribution in [0.25, 0.3) is 0 Å². The van der Waals surface area contributed by atoms with Gasteiger partial charge in [0.1, 0.15) is 0 Å². The molecule has 0 bridgehead atoms. The van der Waals surface area contributed by atoms with Crippen LogP contribution in [0, 0.1) is 16.7 Å². The summed E-state index contributed by atoms with van der Waals surface area (Å²) in [6.07, 6.45) is 2.73. The Hall–Kier alpha value is -1.68. The van der Waals surface area contributed by atoms with Crippen LogP contribution in [0.15, 0.2) is 64.0 Å². The fraction of sp³-hybridized carbons (Fsp3) is 0.350. The zero-order valence-electron chi connectivity index (χ0n) is 14.4. The third kappa shape index (κ3) is 4.17. The Labute approximate surface area is 163 Å². The predicted octanol–water partition coefficient (Wildman–Crippen LogP) is 4.38. The van der Waals surface area contributed by atoms with E-state index in [4.69, 9.17) is 0 Å². The van der Waals surface area contributed by atoms with E-state index in [0.29, 0.717) is 30.8 Å². The van der Waals surface area contributed by atoms with E-state index >= 15 is 0 Å². The minimum Gasteiger partial charge on any atom is -0.207 e. The minimum absolute atomic E-state index is 0.319. The summed E-state index contributed by atoms with van der Waals surface area (Å²) in [6.45, 7) is 0.788. The van der Waals surface area contributed by atoms with Gasteiger partial charge in [-0.25, -0.2) is 8.42 Å². The van der Waals surface area contributed by atoms with E-state index in [1.807, 2.05) is 12.1 Å². The van der Waals surface area contributed by atoms with Gasteiger partial charge in [0.05, 0.1) is 16.4 Å². The summed E-state index contributed by atoms with van der Waals surface area (Å²) in [6, 6.07) is 19.1. The first kappa shape index (κ1) is 19.1. The number of halogens is 1. The summed E-state index contributed by atoms with van der Waals surface area (Å²) in [5.74, 6) is 0. The summed E-state index contributed by atoms with van der Waals surface area (Å²) < 4.78 is 28.0. The topological polar surface area (TPSA) is 61.2 Å². The van der Waals surface area contributed by atoms with Crippen molar-refractivity contribution in [1.82, 2.24) is 4.31 Å². The van der Waals surface area contributed by atoms with Crippen molar-refractivity contribution in [1.29, 1.82) is 5.26 Å². The highest BCUT2D eigenvalue weighted by Gasteiger charge is 2.38. The number of nitrogens with zero attached hydrogens (tertiary/aromatic N) is 2. The quantitative estimate of drug-likeness (QED) is 0.703. The van der Waals surface area contributed by atoms with Crippen LogP contribution in [0.2, 0.25) is 0 Å².